The lowest BCUT2D eigenvalue weighted by molar-refractivity contribution is 0.708. The molecular formula is C18H19N5S. The van der Waals surface area contributed by atoms with Gasteiger partial charge in [-0.05, 0) is 13.0 Å². The molecule has 0 radical (unpaired) electrons. The van der Waals surface area contributed by atoms with Crippen molar-refractivity contribution in [2.24, 2.45) is 0 Å². The summed E-state index contributed by atoms with van der Waals surface area (Å²) in [6, 6.07) is 10.3. The molecule has 0 aliphatic carbocycles. The Kier molecular flexibility index (Phi) is 4.49. The molecule has 5 nitrogen and oxygen atoms in total. The number of hydrogen-bond acceptors (Lipinski definition) is 6. The van der Waals surface area contributed by atoms with Gasteiger partial charge in [0.2, 0.25) is 0 Å². The third-order valence-corrected chi connectivity index (χ3v) is 5.06. The van der Waals surface area contributed by atoms with Gasteiger partial charge in [-0.25, -0.2) is 15.0 Å². The summed E-state index contributed by atoms with van der Waals surface area (Å²) >= 11 is 1.68. The van der Waals surface area contributed by atoms with E-state index >= 15 is 0 Å². The van der Waals surface area contributed by atoms with E-state index in [9.17, 15) is 0 Å². The zero-order valence-corrected chi connectivity index (χ0v) is 14.1. The van der Waals surface area contributed by atoms with Crippen LogP contribution in [0, 0.1) is 0 Å². The number of nitrogens with one attached hydrogen (secondary N) is 2. The normalized spacial score (nSPS) is 14.0. The standard InChI is InChI=1S/C18H19N5S/c1-2-4-13(5-3-1)17-16(24-12-23-17)10-20-18-14-6-8-19-9-7-15(14)21-11-22-18/h1-5,11-12,19H,6-10H2,(H,20,21,22). The zero-order chi connectivity index (χ0) is 16.2. The van der Waals surface area contributed by atoms with E-state index < -0.39 is 0 Å². The minimum Gasteiger partial charge on any atom is -0.365 e. The van der Waals surface area contributed by atoms with Crippen LogP contribution in [0.1, 0.15) is 16.1 Å². The number of anilines is 1. The number of nitrogens with zero attached hydrogens (tertiary/aromatic N) is 3. The highest BCUT2D eigenvalue weighted by atomic mass is 32.1. The maximum Gasteiger partial charge on any atom is 0.133 e. The van der Waals surface area contributed by atoms with Crippen molar-refractivity contribution in [2.45, 2.75) is 19.4 Å². The van der Waals surface area contributed by atoms with Crippen molar-refractivity contribution < 1.29 is 0 Å². The summed E-state index contributed by atoms with van der Waals surface area (Å²) < 4.78 is 0. The first-order chi connectivity index (χ1) is 11.9. The van der Waals surface area contributed by atoms with E-state index in [4.69, 9.17) is 0 Å². The molecule has 0 amide bonds. The van der Waals surface area contributed by atoms with Crippen molar-refractivity contribution >= 4 is 17.2 Å². The highest BCUT2D eigenvalue weighted by molar-refractivity contribution is 7.10. The Balaban J connectivity index is 1.56. The average molecular weight is 337 g/mol. The minimum absolute atomic E-state index is 0.728. The molecule has 0 spiro atoms. The van der Waals surface area contributed by atoms with Gasteiger partial charge in [-0.2, -0.15) is 0 Å². The molecule has 6 heteroatoms. The molecule has 4 rings (SSSR count). The minimum atomic E-state index is 0.728. The Labute approximate surface area is 145 Å². The van der Waals surface area contributed by atoms with Crippen LogP contribution in [-0.4, -0.2) is 28.0 Å². The fourth-order valence-electron chi connectivity index (χ4n) is 3.02. The van der Waals surface area contributed by atoms with E-state index in [1.807, 2.05) is 23.7 Å². The second-order valence-electron chi connectivity index (χ2n) is 5.74. The van der Waals surface area contributed by atoms with Gasteiger partial charge < -0.3 is 10.6 Å². The quantitative estimate of drug-likeness (QED) is 0.766. The van der Waals surface area contributed by atoms with Crippen molar-refractivity contribution in [3.63, 3.8) is 0 Å². The van der Waals surface area contributed by atoms with Crippen LogP contribution in [0.25, 0.3) is 11.3 Å². The van der Waals surface area contributed by atoms with Gasteiger partial charge in [-0.1, -0.05) is 30.3 Å². The van der Waals surface area contributed by atoms with Crippen molar-refractivity contribution in [2.75, 3.05) is 18.4 Å². The molecular weight excluding hydrogens is 318 g/mol. The van der Waals surface area contributed by atoms with Crippen molar-refractivity contribution in [1.82, 2.24) is 20.3 Å². The molecule has 0 saturated heterocycles. The molecule has 2 aromatic heterocycles. The van der Waals surface area contributed by atoms with Gasteiger partial charge in [-0.15, -0.1) is 11.3 Å². The van der Waals surface area contributed by atoms with Crippen LogP contribution in [0.5, 0.6) is 0 Å². The Morgan fingerprint density at radius 2 is 1.92 bits per heavy atom. The van der Waals surface area contributed by atoms with Gasteiger partial charge in [-0.3, -0.25) is 0 Å². The lowest BCUT2D eigenvalue weighted by Crippen LogP contribution is -2.16. The second-order valence-corrected chi connectivity index (χ2v) is 6.68. The third kappa shape index (κ3) is 3.16. The van der Waals surface area contributed by atoms with Gasteiger partial charge in [0.1, 0.15) is 12.1 Å². The monoisotopic (exact) mass is 337 g/mol. The summed E-state index contributed by atoms with van der Waals surface area (Å²) in [6.45, 7) is 2.69. The smallest absolute Gasteiger partial charge is 0.133 e. The van der Waals surface area contributed by atoms with Crippen molar-refractivity contribution in [3.05, 3.63) is 58.3 Å². The van der Waals surface area contributed by atoms with Crippen LogP contribution >= 0.6 is 11.3 Å². The van der Waals surface area contributed by atoms with Gasteiger partial charge in [0.15, 0.2) is 0 Å². The molecule has 1 aliphatic rings. The zero-order valence-electron chi connectivity index (χ0n) is 13.3. The van der Waals surface area contributed by atoms with Gasteiger partial charge in [0.25, 0.3) is 0 Å². The summed E-state index contributed by atoms with van der Waals surface area (Å²) in [7, 11) is 0. The topological polar surface area (TPSA) is 62.7 Å². The van der Waals surface area contributed by atoms with E-state index in [0.717, 1.165) is 55.2 Å². The SMILES string of the molecule is c1ccc(-c2ncsc2CNc2ncnc3c2CCNCC3)cc1. The number of rotatable bonds is 4. The van der Waals surface area contributed by atoms with Crippen molar-refractivity contribution in [3.8, 4) is 11.3 Å². The molecule has 0 saturated carbocycles. The van der Waals surface area contributed by atoms with Crippen LogP contribution in [-0.2, 0) is 19.4 Å². The van der Waals surface area contributed by atoms with Crippen LogP contribution in [0.3, 0.4) is 0 Å². The van der Waals surface area contributed by atoms with Gasteiger partial charge in [0.05, 0.1) is 28.3 Å². The first kappa shape index (κ1) is 15.2. The summed E-state index contributed by atoms with van der Waals surface area (Å²) in [6.07, 6.45) is 3.59. The molecule has 2 N–H and O–H groups in total. The molecule has 3 aromatic rings. The molecule has 0 fully saturated rings. The third-order valence-electron chi connectivity index (χ3n) is 4.23. The van der Waals surface area contributed by atoms with Crippen LogP contribution in [0.2, 0.25) is 0 Å². The lowest BCUT2D eigenvalue weighted by atomic mass is 10.1. The van der Waals surface area contributed by atoms with E-state index in [2.05, 4.69) is 37.7 Å². The number of aromatic nitrogens is 3. The van der Waals surface area contributed by atoms with Crippen LogP contribution < -0.4 is 10.6 Å². The summed E-state index contributed by atoms with van der Waals surface area (Å²) in [5.41, 5.74) is 6.51. The maximum absolute atomic E-state index is 4.54. The molecule has 0 atom stereocenters. The van der Waals surface area contributed by atoms with E-state index in [1.54, 1.807) is 17.7 Å². The molecule has 24 heavy (non-hydrogen) atoms. The predicted molar refractivity (Wildman–Crippen MR) is 97.2 cm³/mol. The van der Waals surface area contributed by atoms with Crippen LogP contribution in [0.4, 0.5) is 5.82 Å². The molecule has 3 heterocycles. The maximum atomic E-state index is 4.54. The average Bonchev–Trinajstić information content (AvgIpc) is 2.97. The van der Waals surface area contributed by atoms with Gasteiger partial charge >= 0.3 is 0 Å². The molecule has 1 aromatic carbocycles. The molecule has 0 unspecified atom stereocenters. The lowest BCUT2D eigenvalue weighted by Gasteiger charge is -2.12. The number of thiazole rings is 1. The largest absolute Gasteiger partial charge is 0.365 e. The first-order valence-electron chi connectivity index (χ1n) is 8.17. The molecule has 122 valence electrons. The summed E-state index contributed by atoms with van der Waals surface area (Å²) in [5.74, 6) is 0.955. The number of hydrogen-bond donors (Lipinski definition) is 2. The van der Waals surface area contributed by atoms with Crippen LogP contribution in [0.15, 0.2) is 42.2 Å². The Morgan fingerprint density at radius 3 is 2.83 bits per heavy atom. The molecule has 0 bridgehead atoms. The fraction of sp³-hybridized carbons (Fsp3) is 0.278. The van der Waals surface area contributed by atoms with E-state index in [1.165, 1.54) is 10.4 Å². The van der Waals surface area contributed by atoms with Crippen molar-refractivity contribution in [1.29, 1.82) is 0 Å². The predicted octanol–water partition coefficient (Wildman–Crippen LogP) is 2.90. The summed E-state index contributed by atoms with van der Waals surface area (Å²) in [4.78, 5) is 14.7. The first-order valence-corrected chi connectivity index (χ1v) is 9.05. The Morgan fingerprint density at radius 1 is 1.04 bits per heavy atom. The highest BCUT2D eigenvalue weighted by Gasteiger charge is 2.15. The second kappa shape index (κ2) is 7.07. The number of benzene rings is 1. The Hall–Kier alpha value is -2.31. The van der Waals surface area contributed by atoms with Gasteiger partial charge in [0, 0.05) is 24.1 Å². The Bertz CT molecular complexity index is 815. The highest BCUT2D eigenvalue weighted by Crippen LogP contribution is 2.26. The fourth-order valence-corrected chi connectivity index (χ4v) is 3.74. The van der Waals surface area contributed by atoms with E-state index in [-0.39, 0.29) is 0 Å². The summed E-state index contributed by atoms with van der Waals surface area (Å²) in [5, 5.41) is 6.92. The molecule has 1 aliphatic heterocycles. The van der Waals surface area contributed by atoms with E-state index in [0.29, 0.717) is 0 Å². The number of fused-ring (bicyclic) bond motifs is 1.